The maximum Gasteiger partial charge on any atom is 0.417 e. The lowest BCUT2D eigenvalue weighted by atomic mass is 10.1. The van der Waals surface area contributed by atoms with Gasteiger partial charge in [-0.2, -0.15) is 23.3 Å². The van der Waals surface area contributed by atoms with E-state index in [-0.39, 0.29) is 15.7 Å². The average molecular weight is 413 g/mol. The van der Waals surface area contributed by atoms with Gasteiger partial charge in [-0.3, -0.25) is 9.80 Å². The SMILES string of the molecule is CC1(C)C(=O)[SH](c2ccc(C#N)c(C(F)(F)F)c2)NN1c1ccc(O)c(F)c1. The van der Waals surface area contributed by atoms with Crippen LogP contribution in [-0.4, -0.2) is 15.8 Å². The fourth-order valence-electron chi connectivity index (χ4n) is 2.83. The van der Waals surface area contributed by atoms with Crippen molar-refractivity contribution < 1.29 is 27.5 Å². The number of thiol groups is 1. The minimum absolute atomic E-state index is 0.0983. The van der Waals surface area contributed by atoms with Gasteiger partial charge >= 0.3 is 6.18 Å². The molecule has 0 aromatic heterocycles. The molecule has 1 aliphatic rings. The maximum atomic E-state index is 13.7. The molecule has 0 amide bonds. The molecule has 0 bridgehead atoms. The predicted octanol–water partition coefficient (Wildman–Crippen LogP) is 4.03. The van der Waals surface area contributed by atoms with Gasteiger partial charge in [0.05, 0.1) is 22.9 Å². The molecule has 10 heteroatoms. The van der Waals surface area contributed by atoms with Crippen molar-refractivity contribution in [2.75, 3.05) is 5.01 Å². The fourth-order valence-corrected chi connectivity index (χ4v) is 4.97. The number of phenolic OH excluding ortho intramolecular Hbond substituents is 1. The number of rotatable bonds is 2. The second kappa shape index (κ2) is 6.68. The third kappa shape index (κ3) is 3.27. The molecule has 1 saturated heterocycles. The van der Waals surface area contributed by atoms with Crippen LogP contribution in [0, 0.1) is 17.1 Å². The zero-order valence-corrected chi connectivity index (χ0v) is 15.6. The van der Waals surface area contributed by atoms with E-state index in [9.17, 15) is 27.5 Å². The van der Waals surface area contributed by atoms with Crippen LogP contribution in [0.5, 0.6) is 5.75 Å². The Kier molecular flexibility index (Phi) is 4.77. The molecule has 0 saturated carbocycles. The number of halogens is 4. The summed E-state index contributed by atoms with van der Waals surface area (Å²) in [5, 5.41) is 19.3. The summed E-state index contributed by atoms with van der Waals surface area (Å²) in [6.07, 6.45) is -4.74. The molecule has 1 aliphatic heterocycles. The van der Waals surface area contributed by atoms with E-state index in [4.69, 9.17) is 5.26 Å². The summed E-state index contributed by atoms with van der Waals surface area (Å²) in [6, 6.07) is 8.17. The lowest BCUT2D eigenvalue weighted by Gasteiger charge is -2.30. The second-order valence-corrected chi connectivity index (χ2v) is 8.40. The lowest BCUT2D eigenvalue weighted by Crippen LogP contribution is -2.46. The Balaban J connectivity index is 2.04. The number of carbonyl (C=O) groups is 1. The molecule has 2 N–H and O–H groups in total. The van der Waals surface area contributed by atoms with E-state index in [0.717, 1.165) is 24.3 Å². The number of nitrogens with zero attached hydrogens (tertiary/aromatic N) is 2. The minimum Gasteiger partial charge on any atom is -0.505 e. The van der Waals surface area contributed by atoms with Crippen LogP contribution in [0.15, 0.2) is 41.3 Å². The van der Waals surface area contributed by atoms with Crippen LogP contribution < -0.4 is 9.84 Å². The number of hydrogen-bond acceptors (Lipinski definition) is 5. The highest BCUT2D eigenvalue weighted by molar-refractivity contribution is 8.28. The Bertz CT molecular complexity index is 1000. The Morgan fingerprint density at radius 2 is 1.89 bits per heavy atom. The van der Waals surface area contributed by atoms with E-state index in [0.29, 0.717) is 0 Å². The first-order chi connectivity index (χ1) is 13.0. The van der Waals surface area contributed by atoms with Gasteiger partial charge in [0, 0.05) is 11.0 Å². The number of phenols is 1. The number of anilines is 1. The zero-order chi connectivity index (χ0) is 20.9. The highest BCUT2D eigenvalue weighted by atomic mass is 32.2. The number of hydrogen-bond donors (Lipinski definition) is 3. The highest BCUT2D eigenvalue weighted by Crippen LogP contribution is 2.48. The molecule has 5 nitrogen and oxygen atoms in total. The lowest BCUT2D eigenvalue weighted by molar-refractivity contribution is -0.138. The van der Waals surface area contributed by atoms with Crippen LogP contribution in [-0.2, 0) is 11.0 Å². The van der Waals surface area contributed by atoms with Crippen molar-refractivity contribution in [1.82, 2.24) is 4.83 Å². The maximum absolute atomic E-state index is 13.7. The van der Waals surface area contributed by atoms with Crippen molar-refractivity contribution in [1.29, 1.82) is 5.26 Å². The molecule has 2 aromatic carbocycles. The third-order valence-corrected chi connectivity index (χ3v) is 6.51. The Hall–Kier alpha value is -2.77. The molecule has 1 unspecified atom stereocenters. The summed E-state index contributed by atoms with van der Waals surface area (Å²) in [5.41, 5.74) is -2.59. The van der Waals surface area contributed by atoms with Crippen molar-refractivity contribution in [3.05, 3.63) is 53.3 Å². The second-order valence-electron chi connectivity index (χ2n) is 6.61. The van der Waals surface area contributed by atoms with Gasteiger partial charge in [0.1, 0.15) is 5.54 Å². The van der Waals surface area contributed by atoms with Crippen LogP contribution >= 0.6 is 11.1 Å². The van der Waals surface area contributed by atoms with Gasteiger partial charge in [0.25, 0.3) is 0 Å². The third-order valence-electron chi connectivity index (χ3n) is 4.36. The summed E-state index contributed by atoms with van der Waals surface area (Å²) in [6.45, 7) is 3.12. The molecule has 0 radical (unpaired) electrons. The minimum atomic E-state index is -4.74. The van der Waals surface area contributed by atoms with Crippen LogP contribution in [0.3, 0.4) is 0 Å². The van der Waals surface area contributed by atoms with E-state index in [1.165, 1.54) is 23.2 Å². The molecule has 1 atom stereocenters. The van der Waals surface area contributed by atoms with Gasteiger partial charge in [0.2, 0.25) is 5.12 Å². The summed E-state index contributed by atoms with van der Waals surface area (Å²) in [7, 11) is 0. The largest absolute Gasteiger partial charge is 0.505 e. The number of nitrogens with one attached hydrogen (secondary N) is 1. The topological polar surface area (TPSA) is 76.4 Å². The zero-order valence-electron chi connectivity index (χ0n) is 14.7. The first-order valence-corrected chi connectivity index (χ1v) is 9.32. The Labute approximate surface area is 160 Å². The van der Waals surface area contributed by atoms with E-state index < -0.39 is 45.5 Å². The summed E-state index contributed by atoms with van der Waals surface area (Å²) in [5.74, 6) is -1.45. The Morgan fingerprint density at radius 3 is 2.46 bits per heavy atom. The molecule has 3 rings (SSSR count). The van der Waals surface area contributed by atoms with Crippen molar-refractivity contribution >= 4 is 21.9 Å². The van der Waals surface area contributed by atoms with Gasteiger partial charge in [-0.1, -0.05) is 11.1 Å². The van der Waals surface area contributed by atoms with Crippen LogP contribution in [0.1, 0.15) is 25.0 Å². The van der Waals surface area contributed by atoms with E-state index in [1.807, 2.05) is 0 Å². The van der Waals surface area contributed by atoms with Crippen LogP contribution in [0.25, 0.3) is 0 Å². The van der Waals surface area contributed by atoms with Crippen LogP contribution in [0.4, 0.5) is 23.2 Å². The Morgan fingerprint density at radius 1 is 1.21 bits per heavy atom. The first-order valence-electron chi connectivity index (χ1n) is 7.97. The van der Waals surface area contributed by atoms with E-state index in [1.54, 1.807) is 13.8 Å². The molecule has 0 aliphatic carbocycles. The number of carbonyl (C=O) groups excluding carboxylic acids is 1. The average Bonchev–Trinajstić information content (AvgIpc) is 2.86. The molecule has 2 aromatic rings. The van der Waals surface area contributed by atoms with Gasteiger partial charge in [-0.05, 0) is 44.2 Å². The summed E-state index contributed by atoms with van der Waals surface area (Å²) in [4.78, 5) is 15.9. The van der Waals surface area contributed by atoms with Gasteiger partial charge in [-0.15, -0.1) is 0 Å². The molecule has 148 valence electrons. The number of hydrazine groups is 1. The predicted molar refractivity (Wildman–Crippen MR) is 96.2 cm³/mol. The number of nitriles is 1. The van der Waals surface area contributed by atoms with Crippen molar-refractivity contribution in [3.8, 4) is 11.8 Å². The van der Waals surface area contributed by atoms with Crippen LogP contribution in [0.2, 0.25) is 0 Å². The molecular weight excluding hydrogens is 398 g/mol. The van der Waals surface area contributed by atoms with E-state index in [2.05, 4.69) is 4.83 Å². The number of alkyl halides is 3. The van der Waals surface area contributed by atoms with E-state index >= 15 is 0 Å². The summed E-state index contributed by atoms with van der Waals surface area (Å²) >= 11 is -1.91. The smallest absolute Gasteiger partial charge is 0.417 e. The highest BCUT2D eigenvalue weighted by Gasteiger charge is 2.47. The normalized spacial score (nSPS) is 20.2. The first kappa shape index (κ1) is 20.0. The molecule has 28 heavy (non-hydrogen) atoms. The van der Waals surface area contributed by atoms with Crippen molar-refractivity contribution in [2.24, 2.45) is 0 Å². The van der Waals surface area contributed by atoms with Crippen molar-refractivity contribution in [3.63, 3.8) is 0 Å². The molecule has 1 heterocycles. The van der Waals surface area contributed by atoms with Gasteiger partial charge in [-0.25, -0.2) is 4.39 Å². The summed E-state index contributed by atoms with van der Waals surface area (Å²) < 4.78 is 53.5. The molecular formula is C18H15F4N3O2S. The van der Waals surface area contributed by atoms with Gasteiger partial charge in [0.15, 0.2) is 11.6 Å². The number of aromatic hydroxyl groups is 1. The molecule has 0 spiro atoms. The fraction of sp³-hybridized carbons (Fsp3) is 0.222. The monoisotopic (exact) mass is 413 g/mol. The van der Waals surface area contributed by atoms with Gasteiger partial charge < -0.3 is 5.11 Å². The van der Waals surface area contributed by atoms with Crippen molar-refractivity contribution in [2.45, 2.75) is 30.5 Å². The standard InChI is InChI=1S/C18H15F4N3O2S/c1-17(2)16(27)28(24-25(17)11-4-6-15(26)14(19)7-11)12-5-3-10(9-23)13(8-12)18(20,21)22/h3-8,24,26,28H,1-2H3. The quantitative estimate of drug-likeness (QED) is 0.512. The molecule has 1 fully saturated rings. The number of benzene rings is 2.